The fourth-order valence-corrected chi connectivity index (χ4v) is 4.23. The van der Waals surface area contributed by atoms with Crippen molar-refractivity contribution in [1.29, 1.82) is 0 Å². The molecule has 0 spiro atoms. The largest absolute Gasteiger partial charge is 0.497 e. The summed E-state index contributed by atoms with van der Waals surface area (Å²) < 4.78 is 11.9. The van der Waals surface area contributed by atoms with Crippen molar-refractivity contribution in [1.82, 2.24) is 14.5 Å². The molecule has 174 valence electrons. The summed E-state index contributed by atoms with van der Waals surface area (Å²) >= 11 is 0. The number of rotatable bonds is 5. The molecule has 0 saturated carbocycles. The molecule has 0 atom stereocenters. The highest BCUT2D eigenvalue weighted by molar-refractivity contribution is 6.05. The molecule has 2 aromatic carbocycles. The highest BCUT2D eigenvalue weighted by Gasteiger charge is 2.20. The number of ether oxygens (including phenoxy) is 1. The number of carbonyl (C=O) groups is 2. The molecular formula is C25H24N4O5. The van der Waals surface area contributed by atoms with Crippen molar-refractivity contribution in [3.63, 3.8) is 0 Å². The van der Waals surface area contributed by atoms with E-state index in [1.165, 1.54) is 4.57 Å². The quantitative estimate of drug-likeness (QED) is 0.489. The maximum absolute atomic E-state index is 12.9. The van der Waals surface area contributed by atoms with Crippen molar-refractivity contribution in [2.45, 2.75) is 25.8 Å². The van der Waals surface area contributed by atoms with Crippen LogP contribution in [0.2, 0.25) is 0 Å². The first-order chi connectivity index (χ1) is 16.5. The van der Waals surface area contributed by atoms with E-state index in [2.05, 4.69) is 10.3 Å². The van der Waals surface area contributed by atoms with Gasteiger partial charge in [-0.05, 0) is 67.1 Å². The number of methoxy groups -OCH3 is 1. The second-order valence-electron chi connectivity index (χ2n) is 8.31. The van der Waals surface area contributed by atoms with Gasteiger partial charge in [-0.1, -0.05) is 0 Å². The topological polar surface area (TPSA) is 107 Å². The number of hydrogen-bond donors (Lipinski definition) is 1. The van der Waals surface area contributed by atoms with E-state index < -0.39 is 11.7 Å². The van der Waals surface area contributed by atoms with E-state index in [9.17, 15) is 14.4 Å². The molecule has 0 unspecified atom stereocenters. The van der Waals surface area contributed by atoms with Gasteiger partial charge in [-0.15, -0.1) is 0 Å². The zero-order valence-corrected chi connectivity index (χ0v) is 18.7. The molecule has 0 bridgehead atoms. The Kier molecular flexibility index (Phi) is 5.75. The standard InChI is InChI=1S/C25H24N4O5/c1-33-19-7-5-16-14-26-20(12-17(16)11-19)24(31)27-18-6-8-22-21(13-18)29(25(32)34-22)15-23(30)28-9-3-2-4-10-28/h5-8,11-14H,2-4,9-10,15H2,1H3,(H,27,31). The van der Waals surface area contributed by atoms with E-state index in [0.29, 0.717) is 35.6 Å². The van der Waals surface area contributed by atoms with Crippen molar-refractivity contribution in [2.24, 2.45) is 0 Å². The predicted molar refractivity (Wildman–Crippen MR) is 127 cm³/mol. The summed E-state index contributed by atoms with van der Waals surface area (Å²) in [5.74, 6) is -0.429. The Balaban J connectivity index is 1.39. The fourth-order valence-electron chi connectivity index (χ4n) is 4.23. The van der Waals surface area contributed by atoms with Crippen LogP contribution in [0.5, 0.6) is 5.75 Å². The van der Waals surface area contributed by atoms with Crippen LogP contribution in [0.15, 0.2) is 57.9 Å². The van der Waals surface area contributed by atoms with Crippen LogP contribution in [0, 0.1) is 0 Å². The van der Waals surface area contributed by atoms with E-state index in [1.807, 2.05) is 18.2 Å². The molecule has 0 aliphatic carbocycles. The van der Waals surface area contributed by atoms with Crippen LogP contribution in [0.25, 0.3) is 21.9 Å². The minimum atomic E-state index is -0.603. The first-order valence-electron chi connectivity index (χ1n) is 11.2. The SMILES string of the molecule is COc1ccc2cnc(C(=O)Nc3ccc4oc(=O)n(CC(=O)N5CCCCC5)c4c3)cc2c1. The minimum Gasteiger partial charge on any atom is -0.497 e. The number of anilines is 1. The molecule has 1 N–H and O–H groups in total. The normalized spacial score (nSPS) is 13.9. The van der Waals surface area contributed by atoms with Crippen LogP contribution in [0.1, 0.15) is 29.8 Å². The van der Waals surface area contributed by atoms with Crippen LogP contribution in [-0.4, -0.2) is 46.5 Å². The molecule has 1 fully saturated rings. The molecule has 1 aliphatic rings. The molecule has 9 nitrogen and oxygen atoms in total. The van der Waals surface area contributed by atoms with Crippen LogP contribution >= 0.6 is 0 Å². The molecule has 34 heavy (non-hydrogen) atoms. The lowest BCUT2D eigenvalue weighted by Gasteiger charge is -2.26. The summed E-state index contributed by atoms with van der Waals surface area (Å²) in [5.41, 5.74) is 1.51. The summed E-state index contributed by atoms with van der Waals surface area (Å²) in [4.78, 5) is 44.0. The average Bonchev–Trinajstić information content (AvgIpc) is 3.17. The Hall–Kier alpha value is -4.14. The maximum Gasteiger partial charge on any atom is 0.420 e. The maximum atomic E-state index is 12.9. The molecule has 2 amide bonds. The molecular weight excluding hydrogens is 436 g/mol. The van der Waals surface area contributed by atoms with Gasteiger partial charge in [0.25, 0.3) is 5.91 Å². The van der Waals surface area contributed by atoms with Gasteiger partial charge in [0.1, 0.15) is 18.0 Å². The Bertz CT molecular complexity index is 1450. The van der Waals surface area contributed by atoms with Gasteiger partial charge in [0.05, 0.1) is 12.6 Å². The molecule has 9 heteroatoms. The van der Waals surface area contributed by atoms with E-state index in [-0.39, 0.29) is 18.1 Å². The minimum absolute atomic E-state index is 0.0999. The molecule has 3 heterocycles. The van der Waals surface area contributed by atoms with Crippen LogP contribution < -0.4 is 15.8 Å². The van der Waals surface area contributed by atoms with Gasteiger partial charge in [-0.2, -0.15) is 0 Å². The average molecular weight is 460 g/mol. The predicted octanol–water partition coefficient (Wildman–Crippen LogP) is 3.42. The number of fused-ring (bicyclic) bond motifs is 2. The van der Waals surface area contributed by atoms with Gasteiger partial charge in [-0.25, -0.2) is 4.79 Å². The zero-order valence-electron chi connectivity index (χ0n) is 18.7. The lowest BCUT2D eigenvalue weighted by atomic mass is 10.1. The van der Waals surface area contributed by atoms with Crippen molar-refractivity contribution in [3.05, 3.63) is 64.9 Å². The fraction of sp³-hybridized carbons (Fsp3) is 0.280. The van der Waals surface area contributed by atoms with E-state index in [1.54, 1.807) is 42.5 Å². The summed E-state index contributed by atoms with van der Waals surface area (Å²) in [6, 6.07) is 12.1. The summed E-state index contributed by atoms with van der Waals surface area (Å²) in [5, 5.41) is 4.53. The number of piperidine rings is 1. The summed E-state index contributed by atoms with van der Waals surface area (Å²) in [6.07, 6.45) is 4.69. The summed E-state index contributed by atoms with van der Waals surface area (Å²) in [6.45, 7) is 1.31. The number of likely N-dealkylation sites (tertiary alicyclic amines) is 1. The first-order valence-corrected chi connectivity index (χ1v) is 11.2. The number of oxazole rings is 1. The van der Waals surface area contributed by atoms with Crippen molar-refractivity contribution in [3.8, 4) is 5.75 Å². The van der Waals surface area contributed by atoms with Gasteiger partial charge in [-0.3, -0.25) is 19.1 Å². The van der Waals surface area contributed by atoms with Gasteiger partial charge in [0.15, 0.2) is 5.58 Å². The third-order valence-electron chi connectivity index (χ3n) is 6.09. The second-order valence-corrected chi connectivity index (χ2v) is 8.31. The Labute approximate surface area is 194 Å². The highest BCUT2D eigenvalue weighted by Crippen LogP contribution is 2.23. The number of pyridine rings is 1. The van der Waals surface area contributed by atoms with Crippen molar-refractivity contribution in [2.75, 3.05) is 25.5 Å². The smallest absolute Gasteiger partial charge is 0.420 e. The number of aromatic nitrogens is 2. The van der Waals surface area contributed by atoms with E-state index in [0.717, 1.165) is 30.0 Å². The number of nitrogens with zero attached hydrogens (tertiary/aromatic N) is 3. The number of carbonyl (C=O) groups excluding carboxylic acids is 2. The Morgan fingerprint density at radius 2 is 1.88 bits per heavy atom. The lowest BCUT2D eigenvalue weighted by molar-refractivity contribution is -0.132. The van der Waals surface area contributed by atoms with Gasteiger partial charge < -0.3 is 19.4 Å². The monoisotopic (exact) mass is 460 g/mol. The number of nitrogens with one attached hydrogen (secondary N) is 1. The van der Waals surface area contributed by atoms with Crippen molar-refractivity contribution < 1.29 is 18.7 Å². The van der Waals surface area contributed by atoms with Crippen LogP contribution in [0.3, 0.4) is 0 Å². The number of hydrogen-bond acceptors (Lipinski definition) is 6. The molecule has 0 radical (unpaired) electrons. The number of amides is 2. The van der Waals surface area contributed by atoms with Crippen LogP contribution in [-0.2, 0) is 11.3 Å². The molecule has 1 aliphatic heterocycles. The zero-order chi connectivity index (χ0) is 23.7. The lowest BCUT2D eigenvalue weighted by Crippen LogP contribution is -2.39. The molecule has 5 rings (SSSR count). The Morgan fingerprint density at radius 1 is 1.06 bits per heavy atom. The first kappa shape index (κ1) is 21.7. The van der Waals surface area contributed by atoms with E-state index >= 15 is 0 Å². The summed E-state index contributed by atoms with van der Waals surface area (Å²) in [7, 11) is 1.58. The molecule has 4 aromatic rings. The van der Waals surface area contributed by atoms with Gasteiger partial charge in [0, 0.05) is 30.4 Å². The van der Waals surface area contributed by atoms with Gasteiger partial charge >= 0.3 is 5.76 Å². The third kappa shape index (κ3) is 4.24. The van der Waals surface area contributed by atoms with Gasteiger partial charge in [0.2, 0.25) is 5.91 Å². The highest BCUT2D eigenvalue weighted by atomic mass is 16.5. The van der Waals surface area contributed by atoms with Crippen LogP contribution in [0.4, 0.5) is 5.69 Å². The molecule has 1 saturated heterocycles. The third-order valence-corrected chi connectivity index (χ3v) is 6.09. The number of benzene rings is 2. The van der Waals surface area contributed by atoms with Crippen molar-refractivity contribution >= 4 is 39.4 Å². The van der Waals surface area contributed by atoms with E-state index in [4.69, 9.17) is 9.15 Å². The molecule has 2 aromatic heterocycles. The second kappa shape index (κ2) is 9.01. The Morgan fingerprint density at radius 3 is 2.68 bits per heavy atom.